The highest BCUT2D eigenvalue weighted by molar-refractivity contribution is 6.02. The molecule has 3 aliphatic rings. The third kappa shape index (κ3) is 5.99. The normalized spacial score (nSPS) is 18.6. The lowest BCUT2D eigenvalue weighted by Gasteiger charge is -2.35. The Morgan fingerprint density at radius 1 is 0.800 bits per heavy atom. The molecule has 2 aromatic heterocycles. The monoisotopic (exact) mass is 678 g/mol. The van der Waals surface area contributed by atoms with Gasteiger partial charge in [-0.05, 0) is 67.0 Å². The van der Waals surface area contributed by atoms with Crippen molar-refractivity contribution < 1.29 is 28.6 Å². The predicted molar refractivity (Wildman–Crippen MR) is 189 cm³/mol. The van der Waals surface area contributed by atoms with Gasteiger partial charge >= 0.3 is 0 Å². The van der Waals surface area contributed by atoms with Crippen LogP contribution in [0.3, 0.4) is 0 Å². The van der Waals surface area contributed by atoms with Crippen molar-refractivity contribution in [2.45, 2.75) is 63.5 Å². The molecule has 1 saturated carbocycles. The van der Waals surface area contributed by atoms with E-state index in [4.69, 9.17) is 14.2 Å². The standard InChI is InChI=1S/C39H42N4O7/c1-41-22-31(29-19-36(50-4)40-20-30(29)38(41)46)25-16-34(48-2)37(35(17-25)49-3)23-12-14-42(15-13-23)26-9-8-24-21-43(39(47)28(24)18-26)32-11-10-27(44)6-5-7-33(32)45/h8-9,16-20,22-23,32H,5-7,10-15,21H2,1-4H3. The van der Waals surface area contributed by atoms with E-state index >= 15 is 0 Å². The van der Waals surface area contributed by atoms with Gasteiger partial charge in [-0.2, -0.15) is 0 Å². The number of methoxy groups -OCH3 is 3. The molecular formula is C39H42N4O7. The smallest absolute Gasteiger partial charge is 0.259 e. The van der Waals surface area contributed by atoms with Gasteiger partial charge in [0.15, 0.2) is 5.78 Å². The van der Waals surface area contributed by atoms with Crippen molar-refractivity contribution in [3.8, 4) is 28.5 Å². The molecule has 0 spiro atoms. The minimum absolute atomic E-state index is 0.0556. The van der Waals surface area contributed by atoms with Crippen LogP contribution in [0, 0.1) is 0 Å². The molecule has 2 aromatic carbocycles. The lowest BCUT2D eigenvalue weighted by molar-refractivity contribution is -0.126. The number of rotatable bonds is 7. The molecule has 7 rings (SSSR count). The first-order valence-corrected chi connectivity index (χ1v) is 17.2. The summed E-state index contributed by atoms with van der Waals surface area (Å²) in [7, 11) is 6.60. The lowest BCUT2D eigenvalue weighted by Crippen LogP contribution is -2.42. The van der Waals surface area contributed by atoms with Gasteiger partial charge < -0.3 is 28.6 Å². The molecule has 0 bridgehead atoms. The summed E-state index contributed by atoms with van der Waals surface area (Å²) in [5, 5.41) is 1.22. The first kappa shape index (κ1) is 33.3. The number of hydrogen-bond donors (Lipinski definition) is 0. The van der Waals surface area contributed by atoms with Crippen LogP contribution in [0.5, 0.6) is 17.4 Å². The fourth-order valence-electron chi connectivity index (χ4n) is 7.91. The first-order valence-electron chi connectivity index (χ1n) is 17.2. The van der Waals surface area contributed by atoms with Gasteiger partial charge in [-0.3, -0.25) is 19.2 Å². The van der Waals surface area contributed by atoms with Gasteiger partial charge in [-0.15, -0.1) is 0 Å². The molecule has 11 nitrogen and oxygen atoms in total. The van der Waals surface area contributed by atoms with Crippen LogP contribution in [0.2, 0.25) is 0 Å². The third-order valence-electron chi connectivity index (χ3n) is 10.6. The Hall–Kier alpha value is -5.19. The van der Waals surface area contributed by atoms with Gasteiger partial charge in [0.1, 0.15) is 17.3 Å². The molecule has 4 heterocycles. The summed E-state index contributed by atoms with van der Waals surface area (Å²) in [6.07, 6.45) is 7.14. The summed E-state index contributed by atoms with van der Waals surface area (Å²) in [4.78, 5) is 59.9. The molecule has 260 valence electrons. The molecule has 1 atom stereocenters. The van der Waals surface area contributed by atoms with E-state index in [-0.39, 0.29) is 29.0 Å². The molecule has 11 heteroatoms. The Morgan fingerprint density at radius 3 is 2.24 bits per heavy atom. The number of amides is 1. The minimum atomic E-state index is -0.540. The van der Waals surface area contributed by atoms with Gasteiger partial charge in [0.2, 0.25) is 5.88 Å². The summed E-state index contributed by atoms with van der Waals surface area (Å²) in [6, 6.07) is 11.3. The number of ether oxygens (including phenoxy) is 3. The number of piperidine rings is 1. The van der Waals surface area contributed by atoms with Gasteiger partial charge in [0, 0.05) is 92.2 Å². The Kier molecular flexibility index (Phi) is 9.07. The number of pyridine rings is 2. The molecule has 1 aliphatic carbocycles. The Morgan fingerprint density at radius 2 is 1.54 bits per heavy atom. The van der Waals surface area contributed by atoms with Crippen molar-refractivity contribution in [2.75, 3.05) is 39.3 Å². The predicted octanol–water partition coefficient (Wildman–Crippen LogP) is 5.44. The van der Waals surface area contributed by atoms with Crippen molar-refractivity contribution in [1.82, 2.24) is 14.5 Å². The topological polar surface area (TPSA) is 120 Å². The molecule has 1 saturated heterocycles. The van der Waals surface area contributed by atoms with Crippen LogP contribution >= 0.6 is 0 Å². The van der Waals surface area contributed by atoms with E-state index < -0.39 is 6.04 Å². The summed E-state index contributed by atoms with van der Waals surface area (Å²) in [6.45, 7) is 1.95. The SMILES string of the molecule is COc1cc2c(-c3cc(OC)c(C4CCN(c5ccc6c(c5)C(=O)N(C5CCC(=O)CCCC5=O)C6)CC4)c(OC)c3)cn(C)c(=O)c2cn1. The van der Waals surface area contributed by atoms with Crippen molar-refractivity contribution in [1.29, 1.82) is 0 Å². The molecule has 0 N–H and O–H groups in total. The zero-order valence-corrected chi connectivity index (χ0v) is 29.0. The number of nitrogens with zero attached hydrogens (tertiary/aromatic N) is 4. The van der Waals surface area contributed by atoms with E-state index in [1.54, 1.807) is 50.1 Å². The van der Waals surface area contributed by atoms with Crippen LogP contribution < -0.4 is 24.7 Å². The highest BCUT2D eigenvalue weighted by Gasteiger charge is 2.37. The zero-order valence-electron chi connectivity index (χ0n) is 29.0. The average molecular weight is 679 g/mol. The van der Waals surface area contributed by atoms with E-state index in [1.165, 1.54) is 0 Å². The minimum Gasteiger partial charge on any atom is -0.496 e. The van der Waals surface area contributed by atoms with Crippen LogP contribution in [-0.4, -0.2) is 72.4 Å². The zero-order chi connectivity index (χ0) is 35.1. The fourth-order valence-corrected chi connectivity index (χ4v) is 7.91. The van der Waals surface area contributed by atoms with Crippen LogP contribution in [0.15, 0.2) is 53.6 Å². The largest absolute Gasteiger partial charge is 0.496 e. The number of aromatic nitrogens is 2. The first-order chi connectivity index (χ1) is 24.2. The van der Waals surface area contributed by atoms with E-state index in [0.717, 1.165) is 70.8 Å². The summed E-state index contributed by atoms with van der Waals surface area (Å²) in [5.41, 5.74) is 5.09. The quantitative estimate of drug-likeness (QED) is 0.252. The van der Waals surface area contributed by atoms with Crippen molar-refractivity contribution in [3.63, 3.8) is 0 Å². The van der Waals surface area contributed by atoms with E-state index in [2.05, 4.69) is 16.0 Å². The number of ketones is 2. The number of anilines is 1. The summed E-state index contributed by atoms with van der Waals surface area (Å²) in [5.74, 6) is 2.12. The van der Waals surface area contributed by atoms with Crippen LogP contribution in [0.1, 0.15) is 72.3 Å². The average Bonchev–Trinajstić information content (AvgIpc) is 3.46. The molecule has 0 radical (unpaired) electrons. The fraction of sp³-hybridized carbons (Fsp3) is 0.410. The molecule has 4 aromatic rings. The summed E-state index contributed by atoms with van der Waals surface area (Å²) < 4.78 is 18.9. The highest BCUT2D eigenvalue weighted by atomic mass is 16.5. The maximum atomic E-state index is 13.6. The summed E-state index contributed by atoms with van der Waals surface area (Å²) >= 11 is 0. The third-order valence-corrected chi connectivity index (χ3v) is 10.6. The van der Waals surface area contributed by atoms with Crippen molar-refractivity contribution >= 4 is 33.9 Å². The van der Waals surface area contributed by atoms with Crippen LogP contribution in [0.25, 0.3) is 21.9 Å². The maximum Gasteiger partial charge on any atom is 0.259 e. The van der Waals surface area contributed by atoms with E-state index in [1.807, 2.05) is 30.5 Å². The van der Waals surface area contributed by atoms with E-state index in [0.29, 0.717) is 55.5 Å². The number of carbonyl (C=O) groups is 3. The molecular weight excluding hydrogens is 636 g/mol. The molecule has 1 unspecified atom stereocenters. The lowest BCUT2D eigenvalue weighted by atomic mass is 9.86. The Bertz CT molecular complexity index is 2040. The van der Waals surface area contributed by atoms with Crippen LogP contribution in [0.4, 0.5) is 5.69 Å². The number of aryl methyl sites for hydroxylation is 1. The highest BCUT2D eigenvalue weighted by Crippen LogP contribution is 2.45. The van der Waals surface area contributed by atoms with Crippen LogP contribution in [-0.2, 0) is 23.2 Å². The van der Waals surface area contributed by atoms with E-state index in [9.17, 15) is 19.2 Å². The number of fused-ring (bicyclic) bond motifs is 2. The number of hydrogen-bond acceptors (Lipinski definition) is 9. The maximum absolute atomic E-state index is 13.6. The second-order valence-electron chi connectivity index (χ2n) is 13.5. The van der Waals surface area contributed by atoms with Crippen molar-refractivity contribution in [3.05, 3.63) is 75.8 Å². The van der Waals surface area contributed by atoms with Gasteiger partial charge in [0.25, 0.3) is 11.5 Å². The second kappa shape index (κ2) is 13.6. The number of Topliss-reactive ketones (excluding diaryl/α,β-unsaturated/α-hetero) is 2. The molecule has 2 aliphatic heterocycles. The van der Waals surface area contributed by atoms with Gasteiger partial charge in [0.05, 0.1) is 32.8 Å². The van der Waals surface area contributed by atoms with Crippen molar-refractivity contribution in [2.24, 2.45) is 7.05 Å². The van der Waals surface area contributed by atoms with Gasteiger partial charge in [-0.1, -0.05) is 6.07 Å². The number of carbonyl (C=O) groups excluding carboxylic acids is 3. The Balaban J connectivity index is 1.11. The second-order valence-corrected chi connectivity index (χ2v) is 13.5. The Labute approximate surface area is 290 Å². The van der Waals surface area contributed by atoms with Gasteiger partial charge in [-0.25, -0.2) is 4.98 Å². The molecule has 50 heavy (non-hydrogen) atoms. The molecule has 2 fully saturated rings. The molecule has 1 amide bonds. The number of benzene rings is 2.